The molecule has 0 bridgehead atoms. The van der Waals surface area contributed by atoms with Gasteiger partial charge in [-0.05, 0) is 54.2 Å². The van der Waals surface area contributed by atoms with Crippen LogP contribution in [0.25, 0.3) is 0 Å². The average Bonchev–Trinajstić information content (AvgIpc) is 3.03. The molecule has 0 aliphatic carbocycles. The van der Waals surface area contributed by atoms with Crippen LogP contribution in [0.2, 0.25) is 0 Å². The van der Waals surface area contributed by atoms with Crippen molar-refractivity contribution < 1.29 is 27.9 Å². The molecule has 0 saturated heterocycles. The highest BCUT2D eigenvalue weighted by Gasteiger charge is 2.32. The molecular weight excluding hydrogens is 580 g/mol. The topological polar surface area (TPSA) is 146 Å². The van der Waals surface area contributed by atoms with Crippen molar-refractivity contribution in [2.45, 2.75) is 56.0 Å². The van der Waals surface area contributed by atoms with Gasteiger partial charge in [0.05, 0.1) is 18.6 Å². The molecule has 0 unspecified atom stereocenters. The maximum absolute atomic E-state index is 13.5. The summed E-state index contributed by atoms with van der Waals surface area (Å²) in [7, 11) is -2.58. The Balaban J connectivity index is 1.58. The number of carbonyl (C=O) groups is 2. The number of aliphatic hydroxyl groups is 1. The SMILES string of the molecule is COC(=O)N[C@H](C(=O)NCCCC[C@@H](CO)NS(=O)(=O)c1ccc(NCC(C)C)cc1)C(c1ccccc1)c1ccccc1. The molecule has 0 aromatic heterocycles. The van der Waals surface area contributed by atoms with Crippen LogP contribution in [0.5, 0.6) is 0 Å². The Hall–Kier alpha value is -3.93. The van der Waals surface area contributed by atoms with Gasteiger partial charge in [0.15, 0.2) is 0 Å². The molecule has 0 saturated carbocycles. The van der Waals surface area contributed by atoms with Gasteiger partial charge in [-0.2, -0.15) is 0 Å². The summed E-state index contributed by atoms with van der Waals surface area (Å²) in [5.41, 5.74) is 2.55. The van der Waals surface area contributed by atoms with Crippen molar-refractivity contribution in [3.8, 4) is 0 Å². The minimum Gasteiger partial charge on any atom is -0.453 e. The minimum absolute atomic E-state index is 0.119. The number of methoxy groups -OCH3 is 1. The summed E-state index contributed by atoms with van der Waals surface area (Å²) in [5.74, 6) is -0.388. The van der Waals surface area contributed by atoms with Crippen LogP contribution in [0.1, 0.15) is 50.2 Å². The predicted octanol–water partition coefficient (Wildman–Crippen LogP) is 4.24. The number of anilines is 1. The first-order chi connectivity index (χ1) is 21.1. The molecule has 5 N–H and O–H groups in total. The lowest BCUT2D eigenvalue weighted by molar-refractivity contribution is -0.123. The first kappa shape index (κ1) is 34.6. The zero-order chi connectivity index (χ0) is 32.0. The molecule has 238 valence electrons. The summed E-state index contributed by atoms with van der Waals surface area (Å²) >= 11 is 0. The number of hydrogen-bond acceptors (Lipinski definition) is 7. The lowest BCUT2D eigenvalue weighted by Gasteiger charge is -2.28. The van der Waals surface area contributed by atoms with Crippen LogP contribution in [0.3, 0.4) is 0 Å². The highest BCUT2D eigenvalue weighted by atomic mass is 32.2. The second kappa shape index (κ2) is 17.4. The van der Waals surface area contributed by atoms with E-state index < -0.39 is 34.1 Å². The molecular formula is C33H44N4O6S. The van der Waals surface area contributed by atoms with Gasteiger partial charge in [0, 0.05) is 30.7 Å². The molecule has 0 aliphatic rings. The smallest absolute Gasteiger partial charge is 0.407 e. The number of ether oxygens (including phenoxy) is 1. The third-order valence-corrected chi connectivity index (χ3v) is 8.63. The third kappa shape index (κ3) is 10.7. The van der Waals surface area contributed by atoms with Crippen molar-refractivity contribution in [1.29, 1.82) is 0 Å². The summed E-state index contributed by atoms with van der Waals surface area (Å²) in [6.07, 6.45) is 0.732. The molecule has 2 amide bonds. The molecule has 10 nitrogen and oxygen atoms in total. The van der Waals surface area contributed by atoms with Gasteiger partial charge in [-0.15, -0.1) is 0 Å². The van der Waals surface area contributed by atoms with Gasteiger partial charge in [0.2, 0.25) is 15.9 Å². The summed E-state index contributed by atoms with van der Waals surface area (Å²) in [6.45, 7) is 4.89. The van der Waals surface area contributed by atoms with Crippen LogP contribution in [0, 0.1) is 5.92 Å². The van der Waals surface area contributed by atoms with Crippen LogP contribution in [-0.4, -0.2) is 64.4 Å². The fourth-order valence-electron chi connectivity index (χ4n) is 4.77. The van der Waals surface area contributed by atoms with Gasteiger partial charge in [0.25, 0.3) is 0 Å². The molecule has 2 atom stereocenters. The number of sulfonamides is 1. The Kier molecular flexibility index (Phi) is 13.7. The zero-order valence-corrected chi connectivity index (χ0v) is 26.3. The Morgan fingerprint density at radius 3 is 1.98 bits per heavy atom. The second-order valence-electron chi connectivity index (χ2n) is 11.0. The summed E-state index contributed by atoms with van der Waals surface area (Å²) < 4.78 is 33.2. The molecule has 0 aliphatic heterocycles. The highest BCUT2D eigenvalue weighted by Crippen LogP contribution is 2.28. The number of unbranched alkanes of at least 4 members (excludes halogenated alkanes) is 1. The van der Waals surface area contributed by atoms with Crippen molar-refractivity contribution in [1.82, 2.24) is 15.4 Å². The number of hydrogen-bond donors (Lipinski definition) is 5. The molecule has 3 aromatic carbocycles. The van der Waals surface area contributed by atoms with E-state index in [0.717, 1.165) is 23.4 Å². The molecule has 3 rings (SSSR count). The fraction of sp³-hybridized carbons (Fsp3) is 0.394. The molecule has 3 aromatic rings. The van der Waals surface area contributed by atoms with Crippen LogP contribution >= 0.6 is 0 Å². The summed E-state index contributed by atoms with van der Waals surface area (Å²) in [4.78, 5) is 25.8. The van der Waals surface area contributed by atoms with E-state index in [2.05, 4.69) is 34.5 Å². The van der Waals surface area contributed by atoms with E-state index in [1.807, 2.05) is 60.7 Å². The van der Waals surface area contributed by atoms with E-state index in [9.17, 15) is 23.1 Å². The number of amides is 2. The standard InChI is InChI=1S/C33H44N4O6S/c1-24(2)22-35-27-17-19-29(20-18-27)44(41,42)37-28(23-38)16-10-11-21-34-32(39)31(36-33(40)43-3)30(25-12-6-4-7-13-25)26-14-8-5-9-15-26/h4-9,12-15,17-20,24,28,30-31,35,37-38H,10-11,16,21-23H2,1-3H3,(H,34,39)(H,36,40)/t28-,31-/m0/s1. The minimum atomic E-state index is -3.82. The van der Waals surface area contributed by atoms with Gasteiger partial charge < -0.3 is 25.8 Å². The highest BCUT2D eigenvalue weighted by molar-refractivity contribution is 7.89. The van der Waals surface area contributed by atoms with E-state index in [4.69, 9.17) is 4.74 Å². The van der Waals surface area contributed by atoms with Crippen LogP contribution in [0.15, 0.2) is 89.8 Å². The molecule has 11 heteroatoms. The molecule has 0 heterocycles. The van der Waals surface area contributed by atoms with Gasteiger partial charge in [-0.3, -0.25) is 4.79 Å². The zero-order valence-electron chi connectivity index (χ0n) is 25.5. The van der Waals surface area contributed by atoms with Gasteiger partial charge in [-0.1, -0.05) is 80.9 Å². The summed E-state index contributed by atoms with van der Waals surface area (Å²) in [5, 5.41) is 18.7. The first-order valence-electron chi connectivity index (χ1n) is 14.8. The van der Waals surface area contributed by atoms with E-state index in [0.29, 0.717) is 31.7 Å². The van der Waals surface area contributed by atoms with Crippen LogP contribution in [0.4, 0.5) is 10.5 Å². The van der Waals surface area contributed by atoms with Crippen molar-refractivity contribution in [3.05, 3.63) is 96.1 Å². The Morgan fingerprint density at radius 1 is 0.864 bits per heavy atom. The van der Waals surface area contributed by atoms with E-state index >= 15 is 0 Å². The number of alkyl carbamates (subject to hydrolysis) is 1. The normalized spacial score (nSPS) is 12.9. The van der Waals surface area contributed by atoms with Crippen molar-refractivity contribution >= 4 is 27.7 Å². The number of benzene rings is 3. The summed E-state index contributed by atoms with van der Waals surface area (Å²) in [6, 6.07) is 23.8. The van der Waals surface area contributed by atoms with E-state index in [-0.39, 0.29) is 17.4 Å². The van der Waals surface area contributed by atoms with Crippen LogP contribution < -0.4 is 20.7 Å². The average molecular weight is 625 g/mol. The molecule has 0 fully saturated rings. The van der Waals surface area contributed by atoms with Crippen LogP contribution in [-0.2, 0) is 19.6 Å². The van der Waals surface area contributed by atoms with Gasteiger partial charge >= 0.3 is 6.09 Å². The lowest BCUT2D eigenvalue weighted by Crippen LogP contribution is -2.50. The van der Waals surface area contributed by atoms with Crippen molar-refractivity contribution in [3.63, 3.8) is 0 Å². The Labute approximate surface area is 260 Å². The number of rotatable bonds is 17. The monoisotopic (exact) mass is 624 g/mol. The number of nitrogens with one attached hydrogen (secondary N) is 4. The molecule has 44 heavy (non-hydrogen) atoms. The second-order valence-corrected chi connectivity index (χ2v) is 12.7. The van der Waals surface area contributed by atoms with Crippen molar-refractivity contribution in [2.75, 3.05) is 32.1 Å². The maximum Gasteiger partial charge on any atom is 0.407 e. The molecule has 0 spiro atoms. The lowest BCUT2D eigenvalue weighted by atomic mass is 9.84. The number of aliphatic hydroxyl groups excluding tert-OH is 1. The van der Waals surface area contributed by atoms with Crippen molar-refractivity contribution in [2.24, 2.45) is 5.92 Å². The largest absolute Gasteiger partial charge is 0.453 e. The third-order valence-electron chi connectivity index (χ3n) is 7.09. The fourth-order valence-corrected chi connectivity index (χ4v) is 6.03. The predicted molar refractivity (Wildman–Crippen MR) is 172 cm³/mol. The van der Waals surface area contributed by atoms with E-state index in [1.165, 1.54) is 19.2 Å². The van der Waals surface area contributed by atoms with Gasteiger partial charge in [0.1, 0.15) is 6.04 Å². The Morgan fingerprint density at radius 2 is 1.45 bits per heavy atom. The quantitative estimate of drug-likeness (QED) is 0.141. The molecule has 0 radical (unpaired) electrons. The van der Waals surface area contributed by atoms with Gasteiger partial charge in [-0.25, -0.2) is 17.9 Å². The Bertz CT molecular complexity index is 1360. The maximum atomic E-state index is 13.5. The first-order valence-corrected chi connectivity index (χ1v) is 16.3. The number of carbonyl (C=O) groups excluding carboxylic acids is 2. The van der Waals surface area contributed by atoms with E-state index in [1.54, 1.807) is 12.1 Å².